The van der Waals surface area contributed by atoms with E-state index < -0.39 is 11.1 Å². The van der Waals surface area contributed by atoms with Crippen LogP contribution in [0.2, 0.25) is 0 Å². The molecule has 0 bridgehead atoms. The van der Waals surface area contributed by atoms with Crippen molar-refractivity contribution in [1.29, 1.82) is 0 Å². The molecule has 4 heteroatoms. The molecular weight excluding hydrogens is 168 g/mol. The lowest BCUT2D eigenvalue weighted by molar-refractivity contribution is -0.265. The van der Waals surface area contributed by atoms with Gasteiger partial charge in [0.1, 0.15) is 0 Å². The van der Waals surface area contributed by atoms with Gasteiger partial charge < -0.3 is 5.32 Å². The molecule has 0 saturated carbocycles. The van der Waals surface area contributed by atoms with Crippen LogP contribution < -0.4 is 5.32 Å². The van der Waals surface area contributed by atoms with Gasteiger partial charge in [0.15, 0.2) is 0 Å². The molecular formula is C9H17N2O2. The second-order valence-electron chi connectivity index (χ2n) is 4.87. The number of hydroxylamine groups is 2. The first-order valence-electron chi connectivity index (χ1n) is 4.50. The van der Waals surface area contributed by atoms with E-state index in [4.69, 9.17) is 0 Å². The van der Waals surface area contributed by atoms with Gasteiger partial charge >= 0.3 is 0 Å². The van der Waals surface area contributed by atoms with Gasteiger partial charge in [0.05, 0.1) is 11.1 Å². The average Bonchev–Trinajstić information content (AvgIpc) is 2.03. The van der Waals surface area contributed by atoms with E-state index in [0.717, 1.165) is 5.06 Å². The molecule has 1 N–H and O–H groups in total. The summed E-state index contributed by atoms with van der Waals surface area (Å²) in [7, 11) is 0. The van der Waals surface area contributed by atoms with E-state index in [9.17, 15) is 10.0 Å². The van der Waals surface area contributed by atoms with Crippen molar-refractivity contribution < 1.29 is 10.0 Å². The largest absolute Gasteiger partial charge is 0.354 e. The first-order chi connectivity index (χ1) is 5.76. The molecule has 1 rings (SSSR count). The highest BCUT2D eigenvalue weighted by molar-refractivity contribution is 5.77. The van der Waals surface area contributed by atoms with E-state index in [2.05, 4.69) is 5.32 Å². The molecule has 0 aliphatic carbocycles. The Morgan fingerprint density at radius 1 is 1.23 bits per heavy atom. The molecule has 1 aliphatic rings. The minimum Gasteiger partial charge on any atom is -0.354 e. The van der Waals surface area contributed by atoms with Gasteiger partial charge in [-0.15, -0.1) is 10.3 Å². The van der Waals surface area contributed by atoms with Gasteiger partial charge in [-0.3, -0.25) is 4.79 Å². The van der Waals surface area contributed by atoms with E-state index in [1.54, 1.807) is 13.8 Å². The predicted molar refractivity (Wildman–Crippen MR) is 48.3 cm³/mol. The van der Waals surface area contributed by atoms with Crippen LogP contribution in [0.5, 0.6) is 0 Å². The fraction of sp³-hybridized carbons (Fsp3) is 0.889. The monoisotopic (exact) mass is 185 g/mol. The van der Waals surface area contributed by atoms with Crippen LogP contribution in [-0.2, 0) is 10.0 Å². The molecule has 75 valence electrons. The first kappa shape index (κ1) is 10.5. The molecule has 0 spiro atoms. The maximum absolute atomic E-state index is 11.9. The Hall–Kier alpha value is -0.610. The van der Waals surface area contributed by atoms with Crippen molar-refractivity contribution in [3.8, 4) is 0 Å². The van der Waals surface area contributed by atoms with Crippen LogP contribution >= 0.6 is 0 Å². The topological polar surface area (TPSA) is 52.2 Å². The van der Waals surface area contributed by atoms with Gasteiger partial charge in [-0.2, -0.15) is 0 Å². The fourth-order valence-electron chi connectivity index (χ4n) is 1.73. The molecule has 1 fully saturated rings. The molecule has 0 aromatic carbocycles. The normalized spacial score (nSPS) is 27.9. The molecule has 1 amide bonds. The zero-order chi connectivity index (χ0) is 10.3. The van der Waals surface area contributed by atoms with Gasteiger partial charge in [0, 0.05) is 13.0 Å². The van der Waals surface area contributed by atoms with Gasteiger partial charge in [0.2, 0.25) is 5.91 Å². The van der Waals surface area contributed by atoms with Crippen LogP contribution in [-0.4, -0.2) is 28.6 Å². The smallest absolute Gasteiger partial charge is 0.222 e. The van der Waals surface area contributed by atoms with Gasteiger partial charge in [-0.25, -0.2) is 0 Å². The SMILES string of the molecule is CC1(C)CNC(=O)CC(C)(C)N1[O]. The summed E-state index contributed by atoms with van der Waals surface area (Å²) in [5, 5.41) is 15.6. The zero-order valence-corrected chi connectivity index (χ0v) is 8.68. The highest BCUT2D eigenvalue weighted by Gasteiger charge is 2.42. The quantitative estimate of drug-likeness (QED) is 0.604. The molecule has 13 heavy (non-hydrogen) atoms. The van der Waals surface area contributed by atoms with Crippen molar-refractivity contribution in [3.63, 3.8) is 0 Å². The van der Waals surface area contributed by atoms with Crippen molar-refractivity contribution in [3.05, 3.63) is 0 Å². The third-order valence-electron chi connectivity index (χ3n) is 2.41. The van der Waals surface area contributed by atoms with Crippen LogP contribution in [0.15, 0.2) is 0 Å². The molecule has 1 saturated heterocycles. The summed E-state index contributed by atoms with van der Waals surface area (Å²) in [6.45, 7) is 7.69. The lowest BCUT2D eigenvalue weighted by Crippen LogP contribution is -2.53. The zero-order valence-electron chi connectivity index (χ0n) is 8.68. The summed E-state index contributed by atoms with van der Waals surface area (Å²) in [5.41, 5.74) is -1.13. The lowest BCUT2D eigenvalue weighted by Gasteiger charge is -2.38. The van der Waals surface area contributed by atoms with Crippen LogP contribution in [0, 0.1) is 0 Å². The Labute approximate surface area is 78.9 Å². The first-order valence-corrected chi connectivity index (χ1v) is 4.50. The van der Waals surface area contributed by atoms with Gasteiger partial charge in [0.25, 0.3) is 0 Å². The Bertz CT molecular complexity index is 224. The van der Waals surface area contributed by atoms with E-state index in [-0.39, 0.29) is 12.3 Å². The molecule has 0 unspecified atom stereocenters. The molecule has 4 nitrogen and oxygen atoms in total. The minimum atomic E-state index is -0.607. The highest BCUT2D eigenvalue weighted by Crippen LogP contribution is 2.27. The van der Waals surface area contributed by atoms with Gasteiger partial charge in [-0.05, 0) is 27.7 Å². The number of rotatable bonds is 0. The molecule has 0 atom stereocenters. The Morgan fingerprint density at radius 2 is 1.77 bits per heavy atom. The Kier molecular flexibility index (Phi) is 2.38. The Balaban J connectivity index is 2.94. The summed E-state index contributed by atoms with van der Waals surface area (Å²) < 4.78 is 0. The maximum atomic E-state index is 11.9. The number of hydrogen-bond acceptors (Lipinski definition) is 2. The van der Waals surface area contributed by atoms with Crippen molar-refractivity contribution in [2.24, 2.45) is 0 Å². The van der Waals surface area contributed by atoms with Crippen molar-refractivity contribution in [1.82, 2.24) is 10.4 Å². The molecule has 0 aromatic rings. The minimum absolute atomic E-state index is 0.0450. The highest BCUT2D eigenvalue weighted by atomic mass is 16.5. The summed E-state index contributed by atoms with van der Waals surface area (Å²) in [4.78, 5) is 11.3. The average molecular weight is 185 g/mol. The maximum Gasteiger partial charge on any atom is 0.222 e. The van der Waals surface area contributed by atoms with Crippen LogP contribution in [0.4, 0.5) is 0 Å². The summed E-state index contributed by atoms with van der Waals surface area (Å²) in [6.07, 6.45) is 0.264. The van der Waals surface area contributed by atoms with E-state index in [1.165, 1.54) is 0 Å². The molecule has 1 aliphatic heterocycles. The second-order valence-corrected chi connectivity index (χ2v) is 4.87. The van der Waals surface area contributed by atoms with Gasteiger partial charge in [-0.1, -0.05) is 0 Å². The number of carbonyl (C=O) groups excluding carboxylic acids is 1. The predicted octanol–water partition coefficient (Wildman–Crippen LogP) is 0.711. The van der Waals surface area contributed by atoms with E-state index >= 15 is 0 Å². The summed E-state index contributed by atoms with van der Waals surface area (Å²) in [5.74, 6) is -0.0450. The van der Waals surface area contributed by atoms with Crippen LogP contribution in [0.1, 0.15) is 34.1 Å². The van der Waals surface area contributed by atoms with Crippen molar-refractivity contribution in [2.75, 3.05) is 6.54 Å². The summed E-state index contributed by atoms with van der Waals surface area (Å²) in [6, 6.07) is 0. The third kappa shape index (κ3) is 2.00. The van der Waals surface area contributed by atoms with Crippen molar-refractivity contribution in [2.45, 2.75) is 45.2 Å². The summed E-state index contributed by atoms with van der Waals surface area (Å²) >= 11 is 0. The fourth-order valence-corrected chi connectivity index (χ4v) is 1.73. The Morgan fingerprint density at radius 3 is 2.31 bits per heavy atom. The van der Waals surface area contributed by atoms with Crippen LogP contribution in [0.25, 0.3) is 0 Å². The molecule has 1 heterocycles. The number of nitrogens with zero attached hydrogens (tertiary/aromatic N) is 1. The number of nitrogens with one attached hydrogen (secondary N) is 1. The lowest BCUT2D eigenvalue weighted by atomic mass is 9.95. The third-order valence-corrected chi connectivity index (χ3v) is 2.41. The number of amides is 1. The van der Waals surface area contributed by atoms with Crippen LogP contribution in [0.3, 0.4) is 0 Å². The molecule has 1 radical (unpaired) electrons. The molecule has 0 aromatic heterocycles. The van der Waals surface area contributed by atoms with E-state index in [1.807, 2.05) is 13.8 Å². The van der Waals surface area contributed by atoms with E-state index in [0.29, 0.717) is 6.54 Å². The number of hydrogen-bond donors (Lipinski definition) is 1. The number of carbonyl (C=O) groups is 1. The van der Waals surface area contributed by atoms with Crippen molar-refractivity contribution >= 4 is 5.91 Å². The standard InChI is InChI=1S/C9H17N2O2/c1-8(2)5-7(12)10-6-9(3,4)11(8)13/h5-6H2,1-4H3,(H,10,12). The second kappa shape index (κ2) is 2.96.